The minimum Gasteiger partial charge on any atom is -0.356 e. The lowest BCUT2D eigenvalue weighted by molar-refractivity contribution is -0.143. The highest BCUT2D eigenvalue weighted by atomic mass is 16.2. The Labute approximate surface area is 198 Å². The predicted octanol–water partition coefficient (Wildman–Crippen LogP) is 5.01. The summed E-state index contributed by atoms with van der Waals surface area (Å²) < 4.78 is 0. The van der Waals surface area contributed by atoms with Crippen molar-refractivity contribution in [2.75, 3.05) is 19.6 Å². The standard InChI is InChI=1S/C28H37N3O2/c1-2-16-30-27(33)28(14-19-31(20-15-28)26(32)23-8-4-3-5-9-23)21-24-10-6-7-11-25(24)22-12-17-29-18-13-22/h6-7,10-13,17-18,23H,2-5,8-9,14-16,19-21H2,1H3,(H,30,33). The summed E-state index contributed by atoms with van der Waals surface area (Å²) in [5.41, 5.74) is 2.97. The number of amides is 2. The van der Waals surface area contributed by atoms with Gasteiger partial charge in [-0.1, -0.05) is 50.5 Å². The number of aromatic nitrogens is 1. The number of carbonyl (C=O) groups is 2. The summed E-state index contributed by atoms with van der Waals surface area (Å²) in [6.07, 6.45) is 12.3. The van der Waals surface area contributed by atoms with Crippen molar-refractivity contribution < 1.29 is 9.59 Å². The van der Waals surface area contributed by atoms with Crippen LogP contribution < -0.4 is 5.32 Å². The number of nitrogens with one attached hydrogen (secondary N) is 1. The molecule has 5 heteroatoms. The van der Waals surface area contributed by atoms with Crippen LogP contribution in [0.1, 0.15) is 63.9 Å². The second-order valence-corrected chi connectivity index (χ2v) is 9.77. The molecule has 2 fully saturated rings. The van der Waals surface area contributed by atoms with Gasteiger partial charge in [0.2, 0.25) is 11.8 Å². The molecule has 0 atom stereocenters. The van der Waals surface area contributed by atoms with Crippen molar-refractivity contribution in [3.63, 3.8) is 0 Å². The Morgan fingerprint density at radius 3 is 2.42 bits per heavy atom. The summed E-state index contributed by atoms with van der Waals surface area (Å²) in [6, 6.07) is 12.4. The van der Waals surface area contributed by atoms with Crippen molar-refractivity contribution in [3.05, 3.63) is 54.4 Å². The van der Waals surface area contributed by atoms with Gasteiger partial charge in [-0.05, 0) is 67.3 Å². The molecule has 4 rings (SSSR count). The number of benzene rings is 1. The molecule has 176 valence electrons. The summed E-state index contributed by atoms with van der Waals surface area (Å²) in [5.74, 6) is 0.640. The molecule has 0 unspecified atom stereocenters. The van der Waals surface area contributed by atoms with Gasteiger partial charge in [0.25, 0.3) is 0 Å². The molecule has 1 aromatic heterocycles. The van der Waals surface area contributed by atoms with Gasteiger partial charge in [-0.2, -0.15) is 0 Å². The van der Waals surface area contributed by atoms with Crippen LogP contribution in [0.2, 0.25) is 0 Å². The minimum atomic E-state index is -0.484. The maximum atomic E-state index is 13.5. The molecule has 1 aromatic carbocycles. The maximum absolute atomic E-state index is 13.5. The number of piperidine rings is 1. The molecule has 0 radical (unpaired) electrons. The van der Waals surface area contributed by atoms with Gasteiger partial charge in [0.15, 0.2) is 0 Å². The van der Waals surface area contributed by atoms with Gasteiger partial charge in [0, 0.05) is 37.9 Å². The second-order valence-electron chi connectivity index (χ2n) is 9.77. The Morgan fingerprint density at radius 1 is 1.03 bits per heavy atom. The van der Waals surface area contributed by atoms with E-state index in [4.69, 9.17) is 0 Å². The van der Waals surface area contributed by atoms with Gasteiger partial charge >= 0.3 is 0 Å². The van der Waals surface area contributed by atoms with E-state index in [0.717, 1.165) is 30.4 Å². The van der Waals surface area contributed by atoms with Crippen LogP contribution >= 0.6 is 0 Å². The Kier molecular flexibility index (Phi) is 7.79. The Bertz CT molecular complexity index is 929. The molecule has 1 saturated heterocycles. The predicted molar refractivity (Wildman–Crippen MR) is 131 cm³/mol. The highest BCUT2D eigenvalue weighted by Gasteiger charge is 2.43. The van der Waals surface area contributed by atoms with E-state index in [1.54, 1.807) is 0 Å². The molecule has 1 N–H and O–H groups in total. The Hall–Kier alpha value is -2.69. The fourth-order valence-corrected chi connectivity index (χ4v) is 5.53. The number of hydrogen-bond donors (Lipinski definition) is 1. The summed E-state index contributed by atoms with van der Waals surface area (Å²) in [4.78, 5) is 32.8. The van der Waals surface area contributed by atoms with Gasteiger partial charge in [0.05, 0.1) is 5.41 Å². The first-order valence-electron chi connectivity index (χ1n) is 12.7. The van der Waals surface area contributed by atoms with Crippen LogP contribution in [0.4, 0.5) is 0 Å². The van der Waals surface area contributed by atoms with Crippen molar-refractivity contribution in [3.8, 4) is 11.1 Å². The van der Waals surface area contributed by atoms with E-state index in [0.29, 0.717) is 44.8 Å². The highest BCUT2D eigenvalue weighted by molar-refractivity contribution is 5.84. The second kappa shape index (κ2) is 11.0. The van der Waals surface area contributed by atoms with Crippen molar-refractivity contribution in [2.45, 2.75) is 64.7 Å². The number of rotatable bonds is 7. The van der Waals surface area contributed by atoms with E-state index < -0.39 is 5.41 Å². The molecule has 2 amide bonds. The quantitative estimate of drug-likeness (QED) is 0.649. The third-order valence-corrected chi connectivity index (χ3v) is 7.54. The largest absolute Gasteiger partial charge is 0.356 e. The minimum absolute atomic E-state index is 0.138. The van der Waals surface area contributed by atoms with Crippen LogP contribution in [0, 0.1) is 11.3 Å². The summed E-state index contributed by atoms with van der Waals surface area (Å²) >= 11 is 0. The smallest absolute Gasteiger partial charge is 0.226 e. The molecule has 2 heterocycles. The third kappa shape index (κ3) is 5.45. The van der Waals surface area contributed by atoms with E-state index in [9.17, 15) is 9.59 Å². The molecule has 5 nitrogen and oxygen atoms in total. The Morgan fingerprint density at radius 2 is 1.73 bits per heavy atom. The fraction of sp³-hybridized carbons (Fsp3) is 0.536. The lowest BCUT2D eigenvalue weighted by Crippen LogP contribution is -2.52. The van der Waals surface area contributed by atoms with E-state index in [-0.39, 0.29) is 11.8 Å². The molecule has 1 aliphatic carbocycles. The molecule has 1 saturated carbocycles. The monoisotopic (exact) mass is 447 g/mol. The van der Waals surface area contributed by atoms with Crippen LogP contribution in [-0.4, -0.2) is 41.3 Å². The van der Waals surface area contributed by atoms with Gasteiger partial charge < -0.3 is 10.2 Å². The van der Waals surface area contributed by atoms with Crippen LogP contribution in [0.25, 0.3) is 11.1 Å². The van der Waals surface area contributed by atoms with Gasteiger partial charge in [0.1, 0.15) is 0 Å². The maximum Gasteiger partial charge on any atom is 0.226 e. The van der Waals surface area contributed by atoms with Crippen molar-refractivity contribution in [1.82, 2.24) is 15.2 Å². The zero-order chi connectivity index (χ0) is 23.1. The molecule has 2 aromatic rings. The number of likely N-dealkylation sites (tertiary alicyclic amines) is 1. The van der Waals surface area contributed by atoms with Crippen molar-refractivity contribution in [1.29, 1.82) is 0 Å². The summed E-state index contributed by atoms with van der Waals surface area (Å²) in [5, 5.41) is 3.18. The van der Waals surface area contributed by atoms with E-state index in [1.807, 2.05) is 29.4 Å². The SMILES string of the molecule is CCCNC(=O)C1(Cc2ccccc2-c2ccncc2)CCN(C(=O)C2CCCCC2)CC1. The fourth-order valence-electron chi connectivity index (χ4n) is 5.53. The lowest BCUT2D eigenvalue weighted by atomic mass is 9.71. The number of nitrogens with zero attached hydrogens (tertiary/aromatic N) is 2. The van der Waals surface area contributed by atoms with E-state index in [1.165, 1.54) is 24.8 Å². The zero-order valence-electron chi connectivity index (χ0n) is 19.9. The van der Waals surface area contributed by atoms with Gasteiger partial charge in [-0.3, -0.25) is 14.6 Å². The zero-order valence-corrected chi connectivity index (χ0v) is 19.9. The number of carbonyl (C=O) groups excluding carboxylic acids is 2. The van der Waals surface area contributed by atoms with E-state index in [2.05, 4.69) is 41.5 Å². The van der Waals surface area contributed by atoms with E-state index >= 15 is 0 Å². The van der Waals surface area contributed by atoms with Crippen molar-refractivity contribution in [2.24, 2.45) is 11.3 Å². The first-order valence-corrected chi connectivity index (χ1v) is 12.7. The summed E-state index contributed by atoms with van der Waals surface area (Å²) in [6.45, 7) is 4.12. The molecule has 2 aliphatic rings. The van der Waals surface area contributed by atoms with Gasteiger partial charge in [-0.15, -0.1) is 0 Å². The lowest BCUT2D eigenvalue weighted by Gasteiger charge is -2.42. The topological polar surface area (TPSA) is 62.3 Å². The van der Waals surface area contributed by atoms with Crippen LogP contribution in [0.3, 0.4) is 0 Å². The van der Waals surface area contributed by atoms with Crippen LogP contribution in [0.5, 0.6) is 0 Å². The van der Waals surface area contributed by atoms with Gasteiger partial charge in [-0.25, -0.2) is 0 Å². The average Bonchev–Trinajstić information content (AvgIpc) is 2.88. The number of pyridine rings is 1. The first kappa shape index (κ1) is 23.5. The molecule has 0 spiro atoms. The molecular weight excluding hydrogens is 410 g/mol. The molecule has 33 heavy (non-hydrogen) atoms. The van der Waals surface area contributed by atoms with Crippen LogP contribution in [-0.2, 0) is 16.0 Å². The molecular formula is C28H37N3O2. The van der Waals surface area contributed by atoms with Crippen molar-refractivity contribution >= 4 is 11.8 Å². The molecule has 0 bridgehead atoms. The third-order valence-electron chi connectivity index (χ3n) is 7.54. The average molecular weight is 448 g/mol. The van der Waals surface area contributed by atoms with Crippen LogP contribution in [0.15, 0.2) is 48.8 Å². The normalized spacial score (nSPS) is 18.6. The highest BCUT2D eigenvalue weighted by Crippen LogP contribution is 2.39. The Balaban J connectivity index is 1.55. The summed E-state index contributed by atoms with van der Waals surface area (Å²) in [7, 11) is 0. The number of hydrogen-bond acceptors (Lipinski definition) is 3. The molecule has 1 aliphatic heterocycles. The first-order chi connectivity index (χ1) is 16.1.